The van der Waals surface area contributed by atoms with E-state index >= 15 is 0 Å². The minimum Gasteiger partial charge on any atom is -0.302 e. The van der Waals surface area contributed by atoms with Gasteiger partial charge >= 0.3 is 0 Å². The van der Waals surface area contributed by atoms with Gasteiger partial charge in [0.15, 0.2) is 0 Å². The third-order valence-corrected chi connectivity index (χ3v) is 2.04. The Hall–Kier alpha value is -0.175. The highest BCUT2D eigenvalue weighted by molar-refractivity contribution is 8.05. The molecule has 8 heavy (non-hydrogen) atoms. The van der Waals surface area contributed by atoms with Crippen molar-refractivity contribution in [3.8, 4) is 0 Å². The second-order valence-corrected chi connectivity index (χ2v) is 2.95. The molecule has 0 spiro atoms. The summed E-state index contributed by atoms with van der Waals surface area (Å²) in [6, 6.07) is 0. The summed E-state index contributed by atoms with van der Waals surface area (Å²) >= 11 is 1.44. The van der Waals surface area contributed by atoms with Gasteiger partial charge in [-0.3, -0.25) is 0 Å². The largest absolute Gasteiger partial charge is 0.302 e. The van der Waals surface area contributed by atoms with Crippen molar-refractivity contribution in [1.82, 2.24) is 0 Å². The highest BCUT2D eigenvalue weighted by Gasteiger charge is 2.11. The zero-order valence-electron chi connectivity index (χ0n) is 4.33. The number of hydrogen-bond acceptors (Lipinski definition) is 2. The van der Waals surface area contributed by atoms with Crippen molar-refractivity contribution >= 4 is 25.9 Å². The summed E-state index contributed by atoms with van der Waals surface area (Å²) in [5.74, 6) is 0. The van der Waals surface area contributed by atoms with Crippen LogP contribution in [-0.2, 0) is 4.79 Å². The molecule has 2 radical (unpaired) electrons. The molecule has 0 saturated heterocycles. The van der Waals surface area contributed by atoms with Crippen molar-refractivity contribution in [3.63, 3.8) is 0 Å². The summed E-state index contributed by atoms with van der Waals surface area (Å²) in [4.78, 5) is 10.8. The summed E-state index contributed by atoms with van der Waals surface area (Å²) in [7, 11) is 5.37. The summed E-state index contributed by atoms with van der Waals surface area (Å²) in [6.07, 6.45) is 3.62. The minimum absolute atomic E-state index is 0.0926. The number of hydrogen-bond donors (Lipinski definition) is 0. The van der Waals surface area contributed by atoms with Gasteiger partial charge in [0.2, 0.25) is 0 Å². The molecule has 0 N–H and O–H groups in total. The summed E-state index contributed by atoms with van der Waals surface area (Å²) < 4.78 is 0. The molecule has 1 nitrogen and oxygen atoms in total. The molecule has 0 bridgehead atoms. The smallest absolute Gasteiger partial charge is 0.133 e. The molecule has 40 valence electrons. The van der Waals surface area contributed by atoms with Crippen LogP contribution in [-0.4, -0.2) is 19.4 Å². The SMILES string of the molecule is [B]C1=CCC(C=O)S1. The highest BCUT2D eigenvalue weighted by Crippen LogP contribution is 2.27. The van der Waals surface area contributed by atoms with Crippen LogP contribution in [0.25, 0.3) is 0 Å². The van der Waals surface area contributed by atoms with E-state index in [1.807, 2.05) is 6.08 Å². The van der Waals surface area contributed by atoms with Crippen LogP contribution in [0.3, 0.4) is 0 Å². The van der Waals surface area contributed by atoms with Gasteiger partial charge in [-0.15, -0.1) is 11.8 Å². The van der Waals surface area contributed by atoms with E-state index in [4.69, 9.17) is 7.85 Å². The Bertz CT molecular complexity index is 132. The van der Waals surface area contributed by atoms with Gasteiger partial charge in [-0.05, 0) is 6.42 Å². The quantitative estimate of drug-likeness (QED) is 0.378. The Balaban J connectivity index is 2.43. The molecule has 0 fully saturated rings. The number of allylic oxidation sites excluding steroid dienone is 1. The molecule has 0 aromatic rings. The summed E-state index contributed by atoms with van der Waals surface area (Å²) in [6.45, 7) is 0. The third kappa shape index (κ3) is 1.16. The molecular weight excluding hydrogens is 119 g/mol. The molecule has 1 aliphatic rings. The maximum Gasteiger partial charge on any atom is 0.133 e. The highest BCUT2D eigenvalue weighted by atomic mass is 32.2. The van der Waals surface area contributed by atoms with Crippen LogP contribution < -0.4 is 0 Å². The zero-order chi connectivity index (χ0) is 5.98. The van der Waals surface area contributed by atoms with Gasteiger partial charge in [-0.25, -0.2) is 0 Å². The van der Waals surface area contributed by atoms with Crippen LogP contribution in [0.4, 0.5) is 0 Å². The first-order chi connectivity index (χ1) is 3.83. The van der Waals surface area contributed by atoms with Crippen LogP contribution in [0, 0.1) is 0 Å². The molecule has 0 aromatic heterocycles. The summed E-state index contributed by atoms with van der Waals surface area (Å²) in [5, 5.41) is 0.0926. The predicted molar refractivity (Wildman–Crippen MR) is 35.9 cm³/mol. The second-order valence-electron chi connectivity index (χ2n) is 1.63. The van der Waals surface area contributed by atoms with E-state index in [0.29, 0.717) is 0 Å². The number of thioether (sulfide) groups is 1. The molecule has 3 heteroatoms. The van der Waals surface area contributed by atoms with Gasteiger partial charge in [0.25, 0.3) is 0 Å². The monoisotopic (exact) mass is 124 g/mol. The van der Waals surface area contributed by atoms with E-state index in [2.05, 4.69) is 0 Å². The van der Waals surface area contributed by atoms with Crippen LogP contribution in [0.5, 0.6) is 0 Å². The van der Waals surface area contributed by atoms with Crippen molar-refractivity contribution in [3.05, 3.63) is 10.9 Å². The molecule has 1 aliphatic heterocycles. The molecule has 0 saturated carbocycles. The van der Waals surface area contributed by atoms with Gasteiger partial charge in [-0.2, -0.15) is 0 Å². The fraction of sp³-hybridized carbons (Fsp3) is 0.400. The van der Waals surface area contributed by atoms with Crippen LogP contribution in [0.1, 0.15) is 6.42 Å². The lowest BCUT2D eigenvalue weighted by molar-refractivity contribution is -0.107. The molecule has 0 aliphatic carbocycles. The average molecular weight is 124 g/mol. The van der Waals surface area contributed by atoms with Crippen molar-refractivity contribution in [2.75, 3.05) is 0 Å². The Labute approximate surface area is 53.9 Å². The summed E-state index contributed by atoms with van der Waals surface area (Å²) in [5.41, 5.74) is 0. The van der Waals surface area contributed by atoms with E-state index in [9.17, 15) is 4.79 Å². The lowest BCUT2D eigenvalue weighted by atomic mass is 10.1. The number of carbonyl (C=O) groups is 1. The average Bonchev–Trinajstić information content (AvgIpc) is 2.14. The van der Waals surface area contributed by atoms with E-state index in [0.717, 1.165) is 17.5 Å². The zero-order valence-corrected chi connectivity index (χ0v) is 5.15. The first-order valence-electron chi connectivity index (χ1n) is 2.40. The molecule has 1 atom stereocenters. The number of aldehydes is 1. The van der Waals surface area contributed by atoms with Crippen LogP contribution in [0.2, 0.25) is 0 Å². The van der Waals surface area contributed by atoms with Crippen LogP contribution in [0.15, 0.2) is 10.9 Å². The molecule has 1 heterocycles. The molecule has 0 aromatic carbocycles. The number of carbonyl (C=O) groups excluding carboxylic acids is 1. The lowest BCUT2D eigenvalue weighted by Gasteiger charge is -1.94. The normalized spacial score (nSPS) is 27.5. The first kappa shape index (κ1) is 5.95. The maximum absolute atomic E-state index is 10.0. The molecule has 0 amide bonds. The fourth-order valence-electron chi connectivity index (χ4n) is 0.587. The van der Waals surface area contributed by atoms with Gasteiger partial charge < -0.3 is 4.79 Å². The number of rotatable bonds is 1. The maximum atomic E-state index is 10.0. The van der Waals surface area contributed by atoms with Crippen molar-refractivity contribution < 1.29 is 4.79 Å². The van der Waals surface area contributed by atoms with Gasteiger partial charge in [0.05, 0.1) is 5.25 Å². The third-order valence-electron chi connectivity index (χ3n) is 0.991. The van der Waals surface area contributed by atoms with Crippen molar-refractivity contribution in [2.45, 2.75) is 11.7 Å². The topological polar surface area (TPSA) is 17.1 Å². The molecule has 1 rings (SSSR count). The van der Waals surface area contributed by atoms with Crippen molar-refractivity contribution in [1.29, 1.82) is 0 Å². The Kier molecular flexibility index (Phi) is 1.79. The van der Waals surface area contributed by atoms with Crippen LogP contribution >= 0.6 is 11.8 Å². The predicted octanol–water partition coefficient (Wildman–Crippen LogP) is 0.701. The molecular formula is C5H5BOS. The van der Waals surface area contributed by atoms with E-state index in [1.54, 1.807) is 0 Å². The van der Waals surface area contributed by atoms with Gasteiger partial charge in [0, 0.05) is 0 Å². The van der Waals surface area contributed by atoms with E-state index < -0.39 is 0 Å². The Morgan fingerprint density at radius 2 is 2.75 bits per heavy atom. The second kappa shape index (κ2) is 2.40. The van der Waals surface area contributed by atoms with Crippen molar-refractivity contribution in [2.24, 2.45) is 0 Å². The van der Waals surface area contributed by atoms with Gasteiger partial charge in [-0.1, -0.05) is 10.9 Å². The minimum atomic E-state index is 0.0926. The first-order valence-corrected chi connectivity index (χ1v) is 3.28. The van der Waals surface area contributed by atoms with Gasteiger partial charge in [0.1, 0.15) is 14.1 Å². The lowest BCUT2D eigenvalue weighted by Crippen LogP contribution is -1.96. The standard InChI is InChI=1S/C5H5BOS/c6-5-2-1-4(3-7)8-5/h2-4H,1H2. The van der Waals surface area contributed by atoms with E-state index in [-0.39, 0.29) is 5.25 Å². The molecule has 1 unspecified atom stereocenters. The Morgan fingerprint density at radius 1 is 2.00 bits per heavy atom. The fourth-order valence-corrected chi connectivity index (χ4v) is 1.38. The van der Waals surface area contributed by atoms with E-state index in [1.165, 1.54) is 11.8 Å². The Morgan fingerprint density at radius 3 is 3.00 bits per heavy atom.